The van der Waals surface area contributed by atoms with E-state index >= 15 is 0 Å². The number of anilines is 1. The quantitative estimate of drug-likeness (QED) is 0.481. The maximum atomic E-state index is 12.9. The van der Waals surface area contributed by atoms with Gasteiger partial charge < -0.3 is 14.7 Å². The Balaban J connectivity index is 1.58. The Bertz CT molecular complexity index is 1360. The molecule has 5 heterocycles. The predicted molar refractivity (Wildman–Crippen MR) is 102 cm³/mol. The van der Waals surface area contributed by atoms with Crippen molar-refractivity contribution in [3.05, 3.63) is 64.3 Å². The van der Waals surface area contributed by atoms with Crippen molar-refractivity contribution in [2.75, 3.05) is 5.73 Å². The topological polar surface area (TPSA) is 133 Å². The molecule has 3 N–H and O–H groups in total. The molecule has 0 aliphatic rings. The van der Waals surface area contributed by atoms with E-state index < -0.39 is 0 Å². The molecular formula is C18H16N8O2. The van der Waals surface area contributed by atoms with Gasteiger partial charge in [-0.25, -0.2) is 9.67 Å². The van der Waals surface area contributed by atoms with Crippen molar-refractivity contribution in [3.8, 4) is 0 Å². The van der Waals surface area contributed by atoms with E-state index in [1.54, 1.807) is 36.1 Å². The van der Waals surface area contributed by atoms with Gasteiger partial charge in [0.1, 0.15) is 11.3 Å². The number of H-pyrrole nitrogens is 1. The normalized spacial score (nSPS) is 11.6. The fourth-order valence-electron chi connectivity index (χ4n) is 3.31. The first-order chi connectivity index (χ1) is 13.6. The molecule has 5 aromatic heterocycles. The zero-order chi connectivity index (χ0) is 19.3. The summed E-state index contributed by atoms with van der Waals surface area (Å²) < 4.78 is 9.04. The highest BCUT2D eigenvalue weighted by atomic mass is 16.3. The van der Waals surface area contributed by atoms with E-state index in [-0.39, 0.29) is 5.56 Å². The Hall–Kier alpha value is -3.95. The second-order valence-corrected chi connectivity index (χ2v) is 6.50. The third-order valence-electron chi connectivity index (χ3n) is 4.61. The number of nitrogens with zero attached hydrogens (tertiary/aromatic N) is 6. The lowest BCUT2D eigenvalue weighted by molar-refractivity contribution is 0.544. The van der Waals surface area contributed by atoms with Gasteiger partial charge >= 0.3 is 0 Å². The van der Waals surface area contributed by atoms with Crippen molar-refractivity contribution in [1.82, 2.24) is 34.5 Å². The van der Waals surface area contributed by atoms with Crippen LogP contribution in [-0.4, -0.2) is 34.5 Å². The zero-order valence-corrected chi connectivity index (χ0v) is 15.0. The number of fused-ring (bicyclic) bond motifs is 3. The van der Waals surface area contributed by atoms with E-state index in [1.165, 1.54) is 4.68 Å². The molecule has 10 heteroatoms. The molecule has 0 amide bonds. The van der Waals surface area contributed by atoms with Crippen LogP contribution in [0.3, 0.4) is 0 Å². The third-order valence-corrected chi connectivity index (χ3v) is 4.61. The first-order valence-electron chi connectivity index (χ1n) is 8.64. The molecule has 10 nitrogen and oxygen atoms in total. The number of hydrogen-bond donors (Lipinski definition) is 2. The Morgan fingerprint density at radius 1 is 1.25 bits per heavy atom. The molecule has 0 saturated heterocycles. The highest BCUT2D eigenvalue weighted by Crippen LogP contribution is 2.27. The van der Waals surface area contributed by atoms with E-state index in [9.17, 15) is 4.79 Å². The average Bonchev–Trinajstić information content (AvgIpc) is 3.37. The lowest BCUT2D eigenvalue weighted by Crippen LogP contribution is -2.24. The zero-order valence-electron chi connectivity index (χ0n) is 15.0. The largest absolute Gasteiger partial charge is 0.438 e. The Morgan fingerprint density at radius 2 is 2.14 bits per heavy atom. The van der Waals surface area contributed by atoms with Gasteiger partial charge in [-0.05, 0) is 18.2 Å². The van der Waals surface area contributed by atoms with E-state index in [4.69, 9.17) is 10.2 Å². The van der Waals surface area contributed by atoms with Crippen LogP contribution < -0.4 is 11.3 Å². The molecule has 0 radical (unpaired) electrons. The second kappa shape index (κ2) is 6.05. The number of oxazole rings is 1. The summed E-state index contributed by atoms with van der Waals surface area (Å²) in [6, 6.07) is 7.22. The number of hydrogen-bond acceptors (Lipinski definition) is 7. The molecule has 0 spiro atoms. The Labute approximate surface area is 157 Å². The third kappa shape index (κ3) is 2.54. The summed E-state index contributed by atoms with van der Waals surface area (Å²) in [5.41, 5.74) is 8.68. The van der Waals surface area contributed by atoms with E-state index in [1.807, 2.05) is 12.1 Å². The van der Waals surface area contributed by atoms with Gasteiger partial charge in [0.05, 0.1) is 35.9 Å². The molecule has 5 rings (SSSR count). The Morgan fingerprint density at radius 3 is 2.93 bits per heavy atom. The molecule has 0 saturated carbocycles. The second-order valence-electron chi connectivity index (χ2n) is 6.50. The van der Waals surface area contributed by atoms with Gasteiger partial charge in [0.25, 0.3) is 5.56 Å². The molecule has 0 unspecified atom stereocenters. The highest BCUT2D eigenvalue weighted by Gasteiger charge is 2.20. The predicted octanol–water partition coefficient (Wildman–Crippen LogP) is 1.22. The maximum Gasteiger partial charge on any atom is 0.291 e. The number of aromatic amines is 1. The molecule has 140 valence electrons. The van der Waals surface area contributed by atoms with Crippen molar-refractivity contribution >= 4 is 28.0 Å². The molecule has 28 heavy (non-hydrogen) atoms. The van der Waals surface area contributed by atoms with Crippen LogP contribution in [0.5, 0.6) is 0 Å². The molecule has 0 fully saturated rings. The van der Waals surface area contributed by atoms with Crippen LogP contribution in [0.1, 0.15) is 17.3 Å². The summed E-state index contributed by atoms with van der Waals surface area (Å²) in [7, 11) is 1.79. The van der Waals surface area contributed by atoms with Crippen LogP contribution in [0.2, 0.25) is 0 Å². The summed E-state index contributed by atoms with van der Waals surface area (Å²) in [4.78, 5) is 21.7. The number of pyridine rings is 1. The van der Waals surface area contributed by atoms with E-state index in [0.717, 1.165) is 11.4 Å². The molecule has 5 aromatic rings. The first-order valence-corrected chi connectivity index (χ1v) is 8.64. The molecule has 0 aliphatic carbocycles. The summed E-state index contributed by atoms with van der Waals surface area (Å²) in [6.07, 6.45) is 3.67. The number of rotatable bonds is 4. The minimum atomic E-state index is -0.221. The van der Waals surface area contributed by atoms with Crippen molar-refractivity contribution in [2.24, 2.45) is 7.05 Å². The van der Waals surface area contributed by atoms with E-state index in [0.29, 0.717) is 46.8 Å². The number of nitrogen functional groups attached to an aromatic ring is 1. The van der Waals surface area contributed by atoms with Gasteiger partial charge in [0.15, 0.2) is 11.2 Å². The van der Waals surface area contributed by atoms with Gasteiger partial charge in [-0.1, -0.05) is 6.07 Å². The SMILES string of the molecule is Cn1c2nc(Cc3cccc(N)n3)oc2c2cnn(Cc3ccn[nH]3)c(=O)c21. The lowest BCUT2D eigenvalue weighted by Gasteiger charge is -2.03. The van der Waals surface area contributed by atoms with Crippen molar-refractivity contribution in [1.29, 1.82) is 0 Å². The van der Waals surface area contributed by atoms with Gasteiger partial charge in [0, 0.05) is 13.2 Å². The van der Waals surface area contributed by atoms with Crippen molar-refractivity contribution in [2.45, 2.75) is 13.0 Å². The van der Waals surface area contributed by atoms with Crippen LogP contribution in [0, 0.1) is 0 Å². The molecule has 0 bridgehead atoms. The summed E-state index contributed by atoms with van der Waals surface area (Å²) >= 11 is 0. The standard InChI is InChI=1S/C18H16N8O2/c1-25-15-12(8-21-26(18(15)27)9-11-5-6-20-24-11)16-17(25)23-14(28-16)7-10-3-2-4-13(19)22-10/h2-6,8H,7,9H2,1H3,(H2,19,22)(H,20,24). The number of aryl methyl sites for hydroxylation is 1. The maximum absolute atomic E-state index is 12.9. The van der Waals surface area contributed by atoms with Crippen LogP contribution in [0.4, 0.5) is 5.82 Å². The minimum Gasteiger partial charge on any atom is -0.438 e. The summed E-state index contributed by atoms with van der Waals surface area (Å²) in [5.74, 6) is 0.948. The highest BCUT2D eigenvalue weighted by molar-refractivity contribution is 6.02. The molecule has 0 aliphatic heterocycles. The van der Waals surface area contributed by atoms with Gasteiger partial charge in [-0.3, -0.25) is 9.89 Å². The van der Waals surface area contributed by atoms with Crippen LogP contribution in [0.25, 0.3) is 22.1 Å². The molecular weight excluding hydrogens is 360 g/mol. The number of nitrogens with one attached hydrogen (secondary N) is 1. The molecule has 0 atom stereocenters. The molecule has 0 aromatic carbocycles. The van der Waals surface area contributed by atoms with Crippen LogP contribution in [-0.2, 0) is 20.0 Å². The number of nitrogens with two attached hydrogens (primary N) is 1. The van der Waals surface area contributed by atoms with Crippen LogP contribution >= 0.6 is 0 Å². The smallest absolute Gasteiger partial charge is 0.291 e. The van der Waals surface area contributed by atoms with Crippen LogP contribution in [0.15, 0.2) is 45.9 Å². The first kappa shape index (κ1) is 16.2. The van der Waals surface area contributed by atoms with Gasteiger partial charge in [-0.2, -0.15) is 15.2 Å². The van der Waals surface area contributed by atoms with Crippen molar-refractivity contribution in [3.63, 3.8) is 0 Å². The minimum absolute atomic E-state index is 0.221. The fourth-order valence-corrected chi connectivity index (χ4v) is 3.31. The Kier molecular flexibility index (Phi) is 3.51. The average molecular weight is 376 g/mol. The van der Waals surface area contributed by atoms with Crippen molar-refractivity contribution < 1.29 is 4.42 Å². The fraction of sp³-hybridized carbons (Fsp3) is 0.167. The van der Waals surface area contributed by atoms with E-state index in [2.05, 4.69) is 25.3 Å². The van der Waals surface area contributed by atoms with Gasteiger partial charge in [0.2, 0.25) is 5.89 Å². The summed E-state index contributed by atoms with van der Waals surface area (Å²) in [6.45, 7) is 0.307. The summed E-state index contributed by atoms with van der Waals surface area (Å²) in [5, 5.41) is 11.6. The number of aromatic nitrogens is 7. The monoisotopic (exact) mass is 376 g/mol. The lowest BCUT2D eigenvalue weighted by atomic mass is 10.2. The van der Waals surface area contributed by atoms with Gasteiger partial charge in [-0.15, -0.1) is 0 Å².